The zero-order valence-corrected chi connectivity index (χ0v) is 9.53. The second-order valence-corrected chi connectivity index (χ2v) is 4.88. The highest BCUT2D eigenvalue weighted by molar-refractivity contribution is 5.19. The third-order valence-corrected chi connectivity index (χ3v) is 3.51. The van der Waals surface area contributed by atoms with Gasteiger partial charge >= 0.3 is 0 Å². The molecule has 1 heterocycles. The standard InChI is InChI=1S/C12H16N2O2/c1-12(2)10(5-11(12)15)14-7-9-4-3-8(6-13)16-9/h3-4,10-11,14-15H,5,7H2,1-2H3. The Morgan fingerprint density at radius 1 is 1.62 bits per heavy atom. The van der Waals surface area contributed by atoms with Crippen molar-refractivity contribution in [1.29, 1.82) is 5.26 Å². The Kier molecular flexibility index (Phi) is 2.75. The van der Waals surface area contributed by atoms with Gasteiger partial charge in [0.05, 0.1) is 12.6 Å². The van der Waals surface area contributed by atoms with Crippen molar-refractivity contribution in [3.8, 4) is 6.07 Å². The van der Waals surface area contributed by atoms with Gasteiger partial charge in [0.1, 0.15) is 11.8 Å². The van der Waals surface area contributed by atoms with Crippen LogP contribution in [-0.2, 0) is 6.54 Å². The van der Waals surface area contributed by atoms with Crippen molar-refractivity contribution in [3.63, 3.8) is 0 Å². The summed E-state index contributed by atoms with van der Waals surface area (Å²) < 4.78 is 5.26. The summed E-state index contributed by atoms with van der Waals surface area (Å²) in [6.07, 6.45) is 0.551. The largest absolute Gasteiger partial charge is 0.449 e. The Morgan fingerprint density at radius 3 is 2.88 bits per heavy atom. The minimum Gasteiger partial charge on any atom is -0.449 e. The fraction of sp³-hybridized carbons (Fsp3) is 0.583. The molecule has 4 heteroatoms. The van der Waals surface area contributed by atoms with E-state index in [-0.39, 0.29) is 11.5 Å². The molecule has 0 aromatic carbocycles. The SMILES string of the molecule is CC1(C)C(O)CC1NCc1ccc(C#N)o1. The third kappa shape index (κ3) is 1.84. The Hall–Kier alpha value is -1.31. The highest BCUT2D eigenvalue weighted by atomic mass is 16.3. The molecule has 4 nitrogen and oxygen atoms in total. The van der Waals surface area contributed by atoms with E-state index >= 15 is 0 Å². The van der Waals surface area contributed by atoms with Crippen LogP contribution in [0.4, 0.5) is 0 Å². The molecule has 0 aliphatic heterocycles. The topological polar surface area (TPSA) is 69.2 Å². The maximum atomic E-state index is 9.58. The number of furan rings is 1. The maximum absolute atomic E-state index is 9.58. The van der Waals surface area contributed by atoms with Gasteiger partial charge in [0.25, 0.3) is 0 Å². The molecular weight excluding hydrogens is 204 g/mol. The summed E-state index contributed by atoms with van der Waals surface area (Å²) in [4.78, 5) is 0. The van der Waals surface area contributed by atoms with Gasteiger partial charge in [0, 0.05) is 11.5 Å². The van der Waals surface area contributed by atoms with Crippen molar-refractivity contribution < 1.29 is 9.52 Å². The van der Waals surface area contributed by atoms with Crippen LogP contribution in [0.15, 0.2) is 16.5 Å². The maximum Gasteiger partial charge on any atom is 0.203 e. The van der Waals surface area contributed by atoms with Crippen molar-refractivity contribution in [3.05, 3.63) is 23.7 Å². The van der Waals surface area contributed by atoms with Crippen LogP contribution in [0.3, 0.4) is 0 Å². The van der Waals surface area contributed by atoms with Crippen molar-refractivity contribution >= 4 is 0 Å². The number of hydrogen-bond acceptors (Lipinski definition) is 4. The lowest BCUT2D eigenvalue weighted by Crippen LogP contribution is -2.59. The van der Waals surface area contributed by atoms with Crippen LogP contribution in [0.2, 0.25) is 0 Å². The number of aliphatic hydroxyl groups excluding tert-OH is 1. The van der Waals surface area contributed by atoms with Gasteiger partial charge < -0.3 is 14.8 Å². The molecule has 1 fully saturated rings. The van der Waals surface area contributed by atoms with E-state index in [0.717, 1.165) is 12.2 Å². The van der Waals surface area contributed by atoms with E-state index in [1.807, 2.05) is 19.9 Å². The predicted molar refractivity (Wildman–Crippen MR) is 58.5 cm³/mol. The number of nitrogens with zero attached hydrogens (tertiary/aromatic N) is 1. The van der Waals surface area contributed by atoms with Gasteiger partial charge in [-0.1, -0.05) is 13.8 Å². The van der Waals surface area contributed by atoms with Crippen molar-refractivity contribution in [2.45, 2.75) is 39.0 Å². The Morgan fingerprint density at radius 2 is 2.38 bits per heavy atom. The van der Waals surface area contributed by atoms with E-state index in [4.69, 9.17) is 9.68 Å². The molecule has 1 aromatic heterocycles. The average Bonchev–Trinajstić information content (AvgIpc) is 2.71. The van der Waals surface area contributed by atoms with E-state index in [0.29, 0.717) is 18.3 Å². The molecule has 86 valence electrons. The molecule has 2 rings (SSSR count). The molecular formula is C12H16N2O2. The molecule has 2 N–H and O–H groups in total. The van der Waals surface area contributed by atoms with Gasteiger partial charge in [-0.3, -0.25) is 0 Å². The van der Waals surface area contributed by atoms with Crippen LogP contribution >= 0.6 is 0 Å². The Bertz CT molecular complexity index is 417. The number of aliphatic hydroxyl groups is 1. The summed E-state index contributed by atoms with van der Waals surface area (Å²) in [7, 11) is 0. The first-order valence-corrected chi connectivity index (χ1v) is 5.44. The van der Waals surface area contributed by atoms with Gasteiger partial charge in [-0.15, -0.1) is 0 Å². The second kappa shape index (κ2) is 3.93. The van der Waals surface area contributed by atoms with E-state index < -0.39 is 0 Å². The van der Waals surface area contributed by atoms with E-state index in [2.05, 4.69) is 5.32 Å². The normalized spacial score (nSPS) is 27.1. The summed E-state index contributed by atoms with van der Waals surface area (Å²) in [6.45, 7) is 4.69. The highest BCUT2D eigenvalue weighted by Gasteiger charge is 2.46. The van der Waals surface area contributed by atoms with Crippen LogP contribution < -0.4 is 5.32 Å². The van der Waals surface area contributed by atoms with Crippen LogP contribution in [0.25, 0.3) is 0 Å². The fourth-order valence-electron chi connectivity index (χ4n) is 2.01. The highest BCUT2D eigenvalue weighted by Crippen LogP contribution is 2.40. The van der Waals surface area contributed by atoms with Crippen molar-refractivity contribution in [1.82, 2.24) is 5.32 Å². The van der Waals surface area contributed by atoms with Crippen molar-refractivity contribution in [2.75, 3.05) is 0 Å². The van der Waals surface area contributed by atoms with Gasteiger partial charge in [-0.05, 0) is 18.6 Å². The first-order chi connectivity index (χ1) is 7.54. The molecule has 2 unspecified atom stereocenters. The molecule has 0 radical (unpaired) electrons. The lowest BCUT2D eigenvalue weighted by Gasteiger charge is -2.49. The molecule has 1 aromatic rings. The fourth-order valence-corrected chi connectivity index (χ4v) is 2.01. The molecule has 0 bridgehead atoms. The summed E-state index contributed by atoms with van der Waals surface area (Å²) >= 11 is 0. The van der Waals surface area contributed by atoms with Gasteiger partial charge in [0.2, 0.25) is 5.76 Å². The third-order valence-electron chi connectivity index (χ3n) is 3.51. The quantitative estimate of drug-likeness (QED) is 0.807. The number of rotatable bonds is 3. The zero-order chi connectivity index (χ0) is 11.8. The van der Waals surface area contributed by atoms with Gasteiger partial charge in [-0.25, -0.2) is 0 Å². The van der Waals surface area contributed by atoms with Crippen LogP contribution in [0.1, 0.15) is 31.8 Å². The molecule has 1 aliphatic carbocycles. The summed E-state index contributed by atoms with van der Waals surface area (Å²) in [5, 5.41) is 21.5. The van der Waals surface area contributed by atoms with Crippen LogP contribution in [-0.4, -0.2) is 17.3 Å². The number of nitriles is 1. The molecule has 1 saturated carbocycles. The second-order valence-electron chi connectivity index (χ2n) is 4.88. The van der Waals surface area contributed by atoms with E-state index in [9.17, 15) is 5.11 Å². The summed E-state index contributed by atoms with van der Waals surface area (Å²) in [5.41, 5.74) is -0.0787. The summed E-state index contributed by atoms with van der Waals surface area (Å²) in [5.74, 6) is 1.10. The van der Waals surface area contributed by atoms with Crippen LogP contribution in [0, 0.1) is 16.7 Å². The van der Waals surface area contributed by atoms with Crippen LogP contribution in [0.5, 0.6) is 0 Å². The first-order valence-electron chi connectivity index (χ1n) is 5.44. The lowest BCUT2D eigenvalue weighted by atomic mass is 9.64. The molecule has 0 amide bonds. The Labute approximate surface area is 94.9 Å². The van der Waals surface area contributed by atoms with E-state index in [1.54, 1.807) is 12.1 Å². The summed E-state index contributed by atoms with van der Waals surface area (Å²) in [6, 6.07) is 5.72. The monoisotopic (exact) mass is 220 g/mol. The van der Waals surface area contributed by atoms with Gasteiger partial charge in [-0.2, -0.15) is 5.26 Å². The molecule has 2 atom stereocenters. The molecule has 0 saturated heterocycles. The average molecular weight is 220 g/mol. The Balaban J connectivity index is 1.87. The first kappa shape index (κ1) is 11.2. The predicted octanol–water partition coefficient (Wildman–Crippen LogP) is 1.40. The van der Waals surface area contributed by atoms with Gasteiger partial charge in [0.15, 0.2) is 0 Å². The van der Waals surface area contributed by atoms with E-state index in [1.165, 1.54) is 0 Å². The lowest BCUT2D eigenvalue weighted by molar-refractivity contribution is -0.0734. The number of nitrogens with one attached hydrogen (secondary N) is 1. The minimum atomic E-state index is -0.226. The molecule has 16 heavy (non-hydrogen) atoms. The minimum absolute atomic E-state index is 0.0787. The smallest absolute Gasteiger partial charge is 0.203 e. The van der Waals surface area contributed by atoms with Crippen molar-refractivity contribution in [2.24, 2.45) is 5.41 Å². The molecule has 0 spiro atoms. The zero-order valence-electron chi connectivity index (χ0n) is 9.53. The molecule has 1 aliphatic rings. The number of hydrogen-bond donors (Lipinski definition) is 2.